The molecule has 3 rings (SSSR count). The number of benzene rings is 1. The molecule has 0 aliphatic rings. The number of thiophene rings is 1. The van der Waals surface area contributed by atoms with E-state index in [1.165, 1.54) is 11.8 Å². The molecule has 5 nitrogen and oxygen atoms in total. The van der Waals surface area contributed by atoms with E-state index >= 15 is 0 Å². The van der Waals surface area contributed by atoms with E-state index in [1.807, 2.05) is 24.6 Å². The topological polar surface area (TPSA) is 59.8 Å². The number of anilines is 1. The molecule has 0 saturated carbocycles. The lowest BCUT2D eigenvalue weighted by Gasteiger charge is -2.06. The first-order valence-corrected chi connectivity index (χ1v) is 8.72. The molecular weight excluding hydrogens is 354 g/mol. The molecule has 0 saturated heterocycles. The lowest BCUT2D eigenvalue weighted by molar-refractivity contribution is -0.113. The summed E-state index contributed by atoms with van der Waals surface area (Å²) in [7, 11) is 1.81. The normalized spacial score (nSPS) is 10.8. The molecule has 124 valence electrons. The van der Waals surface area contributed by atoms with E-state index in [2.05, 4.69) is 15.5 Å². The predicted molar refractivity (Wildman–Crippen MR) is 90.0 cm³/mol. The molecule has 0 spiro atoms. The molecular formula is C15H12F2N4OS2. The fourth-order valence-electron chi connectivity index (χ4n) is 1.97. The number of thioether (sulfide) groups is 1. The molecule has 2 heterocycles. The van der Waals surface area contributed by atoms with Gasteiger partial charge in [-0.05, 0) is 23.6 Å². The second-order valence-electron chi connectivity index (χ2n) is 4.80. The second kappa shape index (κ2) is 7.10. The Morgan fingerprint density at radius 3 is 2.92 bits per heavy atom. The van der Waals surface area contributed by atoms with E-state index in [1.54, 1.807) is 15.9 Å². The molecule has 1 N–H and O–H groups in total. The monoisotopic (exact) mass is 366 g/mol. The molecule has 1 amide bonds. The van der Waals surface area contributed by atoms with E-state index in [9.17, 15) is 13.6 Å². The van der Waals surface area contributed by atoms with Gasteiger partial charge in [-0.3, -0.25) is 4.79 Å². The van der Waals surface area contributed by atoms with Gasteiger partial charge >= 0.3 is 0 Å². The van der Waals surface area contributed by atoms with Gasteiger partial charge in [-0.25, -0.2) is 8.78 Å². The van der Waals surface area contributed by atoms with Gasteiger partial charge in [0.25, 0.3) is 0 Å². The van der Waals surface area contributed by atoms with Gasteiger partial charge in [0.15, 0.2) is 11.0 Å². The number of hydrogen-bond acceptors (Lipinski definition) is 5. The van der Waals surface area contributed by atoms with Gasteiger partial charge in [0.2, 0.25) is 5.91 Å². The Hall–Kier alpha value is -2.26. The number of carbonyl (C=O) groups excluding carboxylic acids is 1. The van der Waals surface area contributed by atoms with Crippen molar-refractivity contribution in [2.75, 3.05) is 11.1 Å². The molecule has 0 bridgehead atoms. The van der Waals surface area contributed by atoms with Crippen LogP contribution in [0, 0.1) is 11.6 Å². The third-order valence-electron chi connectivity index (χ3n) is 3.11. The van der Waals surface area contributed by atoms with E-state index in [-0.39, 0.29) is 11.4 Å². The largest absolute Gasteiger partial charge is 0.323 e. The summed E-state index contributed by atoms with van der Waals surface area (Å²) in [6.45, 7) is 0. The molecule has 0 aliphatic heterocycles. The average Bonchev–Trinajstić information content (AvgIpc) is 3.18. The molecule has 24 heavy (non-hydrogen) atoms. The summed E-state index contributed by atoms with van der Waals surface area (Å²) < 4.78 is 28.4. The first-order valence-electron chi connectivity index (χ1n) is 6.85. The Labute approximate surface area is 144 Å². The van der Waals surface area contributed by atoms with Gasteiger partial charge in [0.1, 0.15) is 11.6 Å². The van der Waals surface area contributed by atoms with Crippen LogP contribution in [0.25, 0.3) is 10.7 Å². The molecule has 0 atom stereocenters. The second-order valence-corrected chi connectivity index (χ2v) is 6.69. The molecule has 0 aliphatic carbocycles. The van der Waals surface area contributed by atoms with Crippen LogP contribution in [0.3, 0.4) is 0 Å². The van der Waals surface area contributed by atoms with Crippen LogP contribution < -0.4 is 5.32 Å². The first kappa shape index (κ1) is 16.6. The standard InChI is InChI=1S/C15H12F2N4OS2/c1-21-14(12-3-2-6-23-12)19-20-15(21)24-8-13(22)18-11-7-9(16)4-5-10(11)17/h2-7H,8H2,1H3,(H,18,22). The van der Waals surface area contributed by atoms with Gasteiger partial charge in [0, 0.05) is 13.1 Å². The number of nitrogens with one attached hydrogen (secondary N) is 1. The summed E-state index contributed by atoms with van der Waals surface area (Å²) >= 11 is 2.71. The summed E-state index contributed by atoms with van der Waals surface area (Å²) in [5.74, 6) is -1.04. The Morgan fingerprint density at radius 1 is 1.33 bits per heavy atom. The lowest BCUT2D eigenvalue weighted by Crippen LogP contribution is -2.15. The van der Waals surface area contributed by atoms with Crippen LogP contribution in [0.4, 0.5) is 14.5 Å². The van der Waals surface area contributed by atoms with Crippen LogP contribution in [0.2, 0.25) is 0 Å². The zero-order valence-corrected chi connectivity index (χ0v) is 14.1. The highest BCUT2D eigenvalue weighted by atomic mass is 32.2. The van der Waals surface area contributed by atoms with Gasteiger partial charge in [-0.1, -0.05) is 17.8 Å². The van der Waals surface area contributed by atoms with Crippen molar-refractivity contribution in [1.29, 1.82) is 0 Å². The Bertz CT molecular complexity index is 864. The maximum atomic E-state index is 13.5. The Morgan fingerprint density at radius 2 is 2.17 bits per heavy atom. The zero-order valence-electron chi connectivity index (χ0n) is 12.5. The summed E-state index contributed by atoms with van der Waals surface area (Å²) in [4.78, 5) is 12.9. The maximum absolute atomic E-state index is 13.5. The van der Waals surface area contributed by atoms with Crippen LogP contribution in [0.5, 0.6) is 0 Å². The van der Waals surface area contributed by atoms with Crippen LogP contribution in [0.1, 0.15) is 0 Å². The van der Waals surface area contributed by atoms with E-state index in [0.717, 1.165) is 23.1 Å². The number of aromatic nitrogens is 3. The van der Waals surface area contributed by atoms with Crippen molar-refractivity contribution in [1.82, 2.24) is 14.8 Å². The van der Waals surface area contributed by atoms with Gasteiger partial charge in [-0.15, -0.1) is 21.5 Å². The lowest BCUT2D eigenvalue weighted by atomic mass is 10.3. The van der Waals surface area contributed by atoms with Gasteiger partial charge in [-0.2, -0.15) is 0 Å². The predicted octanol–water partition coefficient (Wildman–Crippen LogP) is 3.55. The number of halogens is 2. The van der Waals surface area contributed by atoms with Crippen molar-refractivity contribution in [2.24, 2.45) is 7.05 Å². The highest BCUT2D eigenvalue weighted by molar-refractivity contribution is 7.99. The minimum Gasteiger partial charge on any atom is -0.323 e. The van der Waals surface area contributed by atoms with Gasteiger partial charge < -0.3 is 9.88 Å². The van der Waals surface area contributed by atoms with Crippen molar-refractivity contribution >= 4 is 34.7 Å². The summed E-state index contributed by atoms with van der Waals surface area (Å²) in [5.41, 5.74) is -0.183. The Kier molecular flexibility index (Phi) is 4.91. The highest BCUT2D eigenvalue weighted by Gasteiger charge is 2.14. The van der Waals surface area contributed by atoms with E-state index in [4.69, 9.17) is 0 Å². The first-order chi connectivity index (χ1) is 11.5. The minimum absolute atomic E-state index is 0.00632. The van der Waals surface area contributed by atoms with Crippen molar-refractivity contribution in [2.45, 2.75) is 5.16 Å². The Balaban J connectivity index is 1.64. The van der Waals surface area contributed by atoms with Crippen molar-refractivity contribution in [3.05, 3.63) is 47.3 Å². The fraction of sp³-hybridized carbons (Fsp3) is 0.133. The van der Waals surface area contributed by atoms with Crippen LogP contribution in [0.15, 0.2) is 40.9 Å². The van der Waals surface area contributed by atoms with Crippen LogP contribution in [-0.2, 0) is 11.8 Å². The van der Waals surface area contributed by atoms with E-state index in [0.29, 0.717) is 11.0 Å². The number of nitrogens with zero attached hydrogens (tertiary/aromatic N) is 3. The molecule has 9 heteroatoms. The summed E-state index contributed by atoms with van der Waals surface area (Å²) in [6.07, 6.45) is 0. The average molecular weight is 366 g/mol. The van der Waals surface area contributed by atoms with Crippen LogP contribution in [-0.4, -0.2) is 26.4 Å². The number of hydrogen-bond donors (Lipinski definition) is 1. The minimum atomic E-state index is -0.687. The molecule has 0 fully saturated rings. The maximum Gasteiger partial charge on any atom is 0.234 e. The zero-order chi connectivity index (χ0) is 17.1. The molecule has 0 radical (unpaired) electrons. The summed E-state index contributed by atoms with van der Waals surface area (Å²) in [5, 5.41) is 13.0. The number of amides is 1. The highest BCUT2D eigenvalue weighted by Crippen LogP contribution is 2.26. The fourth-order valence-corrected chi connectivity index (χ4v) is 3.43. The van der Waals surface area contributed by atoms with Crippen molar-refractivity contribution in [3.63, 3.8) is 0 Å². The third kappa shape index (κ3) is 3.62. The molecule has 2 aromatic heterocycles. The van der Waals surface area contributed by atoms with Crippen LogP contribution >= 0.6 is 23.1 Å². The number of carbonyl (C=O) groups is 1. The van der Waals surface area contributed by atoms with Crippen molar-refractivity contribution in [3.8, 4) is 10.7 Å². The quantitative estimate of drug-likeness (QED) is 0.702. The molecule has 3 aromatic rings. The molecule has 1 aromatic carbocycles. The molecule has 0 unspecified atom stereocenters. The van der Waals surface area contributed by atoms with Gasteiger partial charge in [0.05, 0.1) is 16.3 Å². The smallest absolute Gasteiger partial charge is 0.234 e. The number of rotatable bonds is 5. The summed E-state index contributed by atoms with van der Waals surface area (Å²) in [6, 6.07) is 6.75. The SMILES string of the molecule is Cn1c(SCC(=O)Nc2cc(F)ccc2F)nnc1-c1cccs1. The third-order valence-corrected chi connectivity index (χ3v) is 5.00. The van der Waals surface area contributed by atoms with E-state index < -0.39 is 17.5 Å². The van der Waals surface area contributed by atoms with Crippen molar-refractivity contribution < 1.29 is 13.6 Å².